The quantitative estimate of drug-likeness (QED) is 0.237. The van der Waals surface area contributed by atoms with E-state index in [0.717, 1.165) is 44.6 Å². The molecular formula is C25H25IN6OS. The first-order chi connectivity index (χ1) is 16.4. The van der Waals surface area contributed by atoms with Crippen LogP contribution in [0.4, 0.5) is 11.4 Å². The van der Waals surface area contributed by atoms with E-state index < -0.39 is 0 Å². The number of fused-ring (bicyclic) bond motifs is 1. The summed E-state index contributed by atoms with van der Waals surface area (Å²) in [6.45, 7) is 8.17. The first-order valence-corrected chi connectivity index (χ1v) is 12.5. The van der Waals surface area contributed by atoms with Crippen molar-refractivity contribution in [3.8, 4) is 5.69 Å². The van der Waals surface area contributed by atoms with Crippen molar-refractivity contribution in [1.82, 2.24) is 20.3 Å². The number of nitrogens with zero attached hydrogens (tertiary/aromatic N) is 4. The fourth-order valence-electron chi connectivity index (χ4n) is 3.63. The van der Waals surface area contributed by atoms with Gasteiger partial charge in [0.25, 0.3) is 5.91 Å². The number of hydrogen-bond acceptors (Lipinski definition) is 5. The number of benzene rings is 3. The Morgan fingerprint density at radius 3 is 2.24 bits per heavy atom. The summed E-state index contributed by atoms with van der Waals surface area (Å²) in [5.41, 5.74) is 5.84. The minimum absolute atomic E-state index is 0.227. The summed E-state index contributed by atoms with van der Waals surface area (Å²) in [4.78, 5) is 16.4. The van der Waals surface area contributed by atoms with Gasteiger partial charge < -0.3 is 10.2 Å². The van der Waals surface area contributed by atoms with Crippen LogP contribution in [0, 0.1) is 10.5 Å². The van der Waals surface area contributed by atoms with Crippen molar-refractivity contribution in [3.63, 3.8) is 0 Å². The monoisotopic (exact) mass is 584 g/mol. The van der Waals surface area contributed by atoms with Crippen molar-refractivity contribution in [1.29, 1.82) is 0 Å². The van der Waals surface area contributed by atoms with Crippen molar-refractivity contribution in [2.24, 2.45) is 0 Å². The molecule has 3 aromatic carbocycles. The molecule has 0 bridgehead atoms. The number of halogens is 1. The highest BCUT2D eigenvalue weighted by atomic mass is 127. The van der Waals surface area contributed by atoms with Crippen molar-refractivity contribution in [2.75, 3.05) is 23.3 Å². The van der Waals surface area contributed by atoms with E-state index in [9.17, 15) is 4.79 Å². The molecule has 7 nitrogen and oxygen atoms in total. The van der Waals surface area contributed by atoms with Crippen LogP contribution in [-0.2, 0) is 0 Å². The van der Waals surface area contributed by atoms with Gasteiger partial charge in [-0.1, -0.05) is 0 Å². The topological polar surface area (TPSA) is 75.1 Å². The van der Waals surface area contributed by atoms with Crippen LogP contribution >= 0.6 is 34.8 Å². The lowest BCUT2D eigenvalue weighted by Gasteiger charge is -2.20. The van der Waals surface area contributed by atoms with E-state index in [0.29, 0.717) is 5.56 Å². The molecule has 0 aliphatic heterocycles. The highest BCUT2D eigenvalue weighted by Crippen LogP contribution is 2.23. The highest BCUT2D eigenvalue weighted by Gasteiger charge is 2.12. The van der Waals surface area contributed by atoms with Gasteiger partial charge in [-0.3, -0.25) is 10.1 Å². The Morgan fingerprint density at radius 2 is 1.62 bits per heavy atom. The Balaban J connectivity index is 1.50. The van der Waals surface area contributed by atoms with Gasteiger partial charge in [0.2, 0.25) is 0 Å². The molecular weight excluding hydrogens is 559 g/mol. The van der Waals surface area contributed by atoms with Gasteiger partial charge in [0.1, 0.15) is 11.0 Å². The molecule has 0 aliphatic carbocycles. The molecule has 34 heavy (non-hydrogen) atoms. The van der Waals surface area contributed by atoms with Crippen molar-refractivity contribution in [3.05, 3.63) is 75.4 Å². The molecule has 4 aromatic rings. The summed E-state index contributed by atoms with van der Waals surface area (Å²) < 4.78 is 1.06. The fourth-order valence-corrected chi connectivity index (χ4v) is 4.20. The number of aromatic nitrogens is 3. The van der Waals surface area contributed by atoms with Crippen LogP contribution in [0.3, 0.4) is 0 Å². The van der Waals surface area contributed by atoms with Crippen LogP contribution in [0.1, 0.15) is 29.8 Å². The van der Waals surface area contributed by atoms with Gasteiger partial charge in [-0.05, 0) is 122 Å². The van der Waals surface area contributed by atoms with Gasteiger partial charge in [-0.2, -0.15) is 4.80 Å². The second-order valence-corrected chi connectivity index (χ2v) is 9.40. The smallest absolute Gasteiger partial charge is 0.257 e. The summed E-state index contributed by atoms with van der Waals surface area (Å²) in [6.07, 6.45) is 0. The zero-order valence-corrected chi connectivity index (χ0v) is 22.1. The molecule has 0 atom stereocenters. The van der Waals surface area contributed by atoms with Gasteiger partial charge in [-0.25, -0.2) is 0 Å². The number of amides is 1. The van der Waals surface area contributed by atoms with E-state index in [-0.39, 0.29) is 11.0 Å². The van der Waals surface area contributed by atoms with Crippen LogP contribution in [-0.4, -0.2) is 39.1 Å². The van der Waals surface area contributed by atoms with E-state index >= 15 is 0 Å². The zero-order valence-electron chi connectivity index (χ0n) is 19.2. The Kier molecular flexibility index (Phi) is 7.42. The van der Waals surface area contributed by atoms with E-state index in [1.54, 1.807) is 16.9 Å². The lowest BCUT2D eigenvalue weighted by atomic mass is 10.2. The van der Waals surface area contributed by atoms with E-state index in [1.165, 1.54) is 5.69 Å². The van der Waals surface area contributed by atoms with Gasteiger partial charge >= 0.3 is 0 Å². The molecule has 9 heteroatoms. The van der Waals surface area contributed by atoms with E-state index in [1.807, 2.05) is 43.3 Å². The van der Waals surface area contributed by atoms with Crippen molar-refractivity contribution in [2.45, 2.75) is 20.8 Å². The molecule has 0 saturated carbocycles. The molecule has 0 fully saturated rings. The van der Waals surface area contributed by atoms with Gasteiger partial charge in [0.15, 0.2) is 5.11 Å². The molecule has 2 N–H and O–H groups in total. The summed E-state index contributed by atoms with van der Waals surface area (Å²) in [7, 11) is 0. The van der Waals surface area contributed by atoms with Crippen molar-refractivity contribution < 1.29 is 4.79 Å². The van der Waals surface area contributed by atoms with E-state index in [2.05, 4.69) is 74.3 Å². The van der Waals surface area contributed by atoms with E-state index in [4.69, 9.17) is 12.2 Å². The van der Waals surface area contributed by atoms with Crippen molar-refractivity contribution >= 4 is 68.2 Å². The van der Waals surface area contributed by atoms with Crippen LogP contribution < -0.4 is 15.5 Å². The minimum atomic E-state index is -0.258. The van der Waals surface area contributed by atoms with Crippen LogP contribution in [0.25, 0.3) is 16.7 Å². The third-order valence-corrected chi connectivity index (χ3v) is 6.44. The summed E-state index contributed by atoms with van der Waals surface area (Å²) in [5, 5.41) is 15.3. The number of rotatable bonds is 6. The number of anilines is 2. The molecule has 0 spiro atoms. The zero-order chi connectivity index (χ0) is 24.2. The highest BCUT2D eigenvalue weighted by molar-refractivity contribution is 14.1. The minimum Gasteiger partial charge on any atom is -0.372 e. The van der Waals surface area contributed by atoms with Crippen LogP contribution in [0.5, 0.6) is 0 Å². The Bertz CT molecular complexity index is 1330. The fraction of sp³-hybridized carbons (Fsp3) is 0.200. The molecule has 1 aromatic heterocycles. The number of thiocarbonyl (C=S) groups is 1. The first kappa shape index (κ1) is 24.1. The standard InChI is InChI=1S/C25H25IN6OS/c1-4-31(5-2)19-10-12-20(13-11-19)32-29-22-14-16(3)21(15-23(22)30-32)27-25(34)28-24(33)17-6-8-18(26)9-7-17/h6-15H,4-5H2,1-3H3,(H2,27,28,33,34). The second kappa shape index (κ2) is 10.5. The lowest BCUT2D eigenvalue weighted by Crippen LogP contribution is -2.34. The molecule has 1 amide bonds. The van der Waals surface area contributed by atoms with Gasteiger partial charge in [-0.15, -0.1) is 10.2 Å². The average Bonchev–Trinajstić information content (AvgIpc) is 3.23. The molecule has 174 valence electrons. The maximum Gasteiger partial charge on any atom is 0.257 e. The van der Waals surface area contributed by atoms with Gasteiger partial charge in [0, 0.05) is 33.6 Å². The molecule has 0 aliphatic rings. The third-order valence-electron chi connectivity index (χ3n) is 5.52. The Labute approximate surface area is 217 Å². The first-order valence-electron chi connectivity index (χ1n) is 11.0. The van der Waals surface area contributed by atoms with Crippen LogP contribution in [0.2, 0.25) is 0 Å². The number of nitrogens with one attached hydrogen (secondary N) is 2. The number of hydrogen-bond donors (Lipinski definition) is 2. The number of carbonyl (C=O) groups is 1. The maximum atomic E-state index is 12.4. The lowest BCUT2D eigenvalue weighted by molar-refractivity contribution is 0.0977. The Hall–Kier alpha value is -3.05. The van der Waals surface area contributed by atoms with Crippen LogP contribution in [0.15, 0.2) is 60.7 Å². The predicted molar refractivity (Wildman–Crippen MR) is 150 cm³/mol. The van der Waals surface area contributed by atoms with Gasteiger partial charge in [0.05, 0.1) is 5.69 Å². The Morgan fingerprint density at radius 1 is 1.00 bits per heavy atom. The normalized spacial score (nSPS) is 10.8. The third kappa shape index (κ3) is 5.36. The SMILES string of the molecule is CCN(CC)c1ccc(-n2nc3cc(C)c(NC(=S)NC(=O)c4ccc(I)cc4)cc3n2)cc1. The molecule has 0 radical (unpaired) electrons. The average molecular weight is 584 g/mol. The summed E-state index contributed by atoms with van der Waals surface area (Å²) in [5.74, 6) is -0.258. The molecule has 1 heterocycles. The maximum absolute atomic E-state index is 12.4. The summed E-state index contributed by atoms with van der Waals surface area (Å²) in [6, 6.07) is 19.4. The molecule has 4 rings (SSSR count). The molecule has 0 unspecified atom stereocenters. The second-order valence-electron chi connectivity index (χ2n) is 7.75. The number of aryl methyl sites for hydroxylation is 1. The predicted octanol–water partition coefficient (Wildman–Crippen LogP) is 5.31. The molecule has 0 saturated heterocycles. The summed E-state index contributed by atoms with van der Waals surface area (Å²) >= 11 is 7.56. The number of carbonyl (C=O) groups excluding carboxylic acids is 1. The largest absolute Gasteiger partial charge is 0.372 e.